The van der Waals surface area contributed by atoms with Crippen LogP contribution in [0.1, 0.15) is 29.6 Å². The van der Waals surface area contributed by atoms with Gasteiger partial charge in [0.1, 0.15) is 0 Å². The van der Waals surface area contributed by atoms with Gasteiger partial charge in [0.25, 0.3) is 0 Å². The van der Waals surface area contributed by atoms with Gasteiger partial charge in [-0.05, 0) is 37.6 Å². The van der Waals surface area contributed by atoms with Crippen LogP contribution in [0, 0.1) is 11.6 Å². The van der Waals surface area contributed by atoms with Crippen molar-refractivity contribution in [2.24, 2.45) is 0 Å². The summed E-state index contributed by atoms with van der Waals surface area (Å²) in [5, 5.41) is 9.26. The maximum absolute atomic E-state index is 13.1. The zero-order valence-electron chi connectivity index (χ0n) is 10.6. The lowest BCUT2D eigenvalue weighted by Crippen LogP contribution is -2.44. The fourth-order valence-corrected chi connectivity index (χ4v) is 2.42. The highest BCUT2D eigenvalue weighted by atomic mass is 19.2. The lowest BCUT2D eigenvalue weighted by Gasteiger charge is -2.33. The number of carbonyl (C=O) groups excluding carboxylic acids is 1. The molecule has 1 atom stereocenters. The third-order valence-electron chi connectivity index (χ3n) is 3.55. The molecule has 104 valence electrons. The van der Waals surface area contributed by atoms with Crippen molar-refractivity contribution in [1.29, 1.82) is 0 Å². The number of nitrogens with zero attached hydrogens (tertiary/aromatic N) is 1. The summed E-state index contributed by atoms with van der Waals surface area (Å²) in [7, 11) is 0. The minimum Gasteiger partial charge on any atom is -0.395 e. The molecule has 1 saturated heterocycles. The summed E-state index contributed by atoms with van der Waals surface area (Å²) >= 11 is 0. The summed E-state index contributed by atoms with van der Waals surface area (Å²) in [4.78, 5) is 13.9. The Morgan fingerprint density at radius 2 is 2.11 bits per heavy atom. The third kappa shape index (κ3) is 3.36. The highest BCUT2D eigenvalue weighted by Crippen LogP contribution is 2.17. The zero-order valence-corrected chi connectivity index (χ0v) is 10.6. The molecular weight excluding hydrogens is 252 g/mol. The van der Waals surface area contributed by atoms with Crippen LogP contribution >= 0.6 is 0 Å². The van der Waals surface area contributed by atoms with E-state index in [-0.39, 0.29) is 30.5 Å². The van der Waals surface area contributed by atoms with Gasteiger partial charge < -0.3 is 5.11 Å². The molecule has 1 aromatic carbocycles. The molecule has 1 unspecified atom stereocenters. The van der Waals surface area contributed by atoms with E-state index in [0.717, 1.165) is 37.9 Å². The number of carbonyl (C=O) groups is 1. The Morgan fingerprint density at radius 1 is 1.32 bits per heavy atom. The average molecular weight is 269 g/mol. The fourth-order valence-electron chi connectivity index (χ4n) is 2.42. The standard InChI is InChI=1S/C14H17F2NO2/c15-12-5-4-10(7-13(12)16)14(19)8-17-6-2-1-3-11(17)9-18/h4-5,7,11,18H,1-3,6,8-9H2. The first-order valence-electron chi connectivity index (χ1n) is 6.45. The van der Waals surface area contributed by atoms with E-state index < -0.39 is 11.6 Å². The molecule has 5 heteroatoms. The van der Waals surface area contributed by atoms with E-state index in [1.54, 1.807) is 0 Å². The van der Waals surface area contributed by atoms with Crippen molar-refractivity contribution in [3.05, 3.63) is 35.4 Å². The molecule has 0 aliphatic carbocycles. The Balaban J connectivity index is 2.05. The van der Waals surface area contributed by atoms with Gasteiger partial charge in [0.05, 0.1) is 13.2 Å². The first-order chi connectivity index (χ1) is 9.11. The van der Waals surface area contributed by atoms with Crippen molar-refractivity contribution in [3.8, 4) is 0 Å². The number of benzene rings is 1. The third-order valence-corrected chi connectivity index (χ3v) is 3.55. The number of ketones is 1. The number of likely N-dealkylation sites (tertiary alicyclic amines) is 1. The summed E-state index contributed by atoms with van der Waals surface area (Å²) in [6.45, 7) is 0.905. The molecule has 0 bridgehead atoms. The van der Waals surface area contributed by atoms with Gasteiger partial charge in [0.2, 0.25) is 0 Å². The molecule has 0 spiro atoms. The highest BCUT2D eigenvalue weighted by Gasteiger charge is 2.24. The van der Waals surface area contributed by atoms with Crippen LogP contribution < -0.4 is 0 Å². The second-order valence-corrected chi connectivity index (χ2v) is 4.85. The normalized spacial score (nSPS) is 20.5. The Morgan fingerprint density at radius 3 is 2.79 bits per heavy atom. The average Bonchev–Trinajstić information content (AvgIpc) is 2.42. The quantitative estimate of drug-likeness (QED) is 0.850. The summed E-state index contributed by atoms with van der Waals surface area (Å²) in [5.74, 6) is -2.22. The van der Waals surface area contributed by atoms with Crippen molar-refractivity contribution in [2.45, 2.75) is 25.3 Å². The van der Waals surface area contributed by atoms with Crippen LogP contribution in [-0.2, 0) is 0 Å². The van der Waals surface area contributed by atoms with Gasteiger partial charge >= 0.3 is 0 Å². The zero-order chi connectivity index (χ0) is 13.8. The second kappa shape index (κ2) is 6.21. The van der Waals surface area contributed by atoms with Crippen LogP contribution in [0.5, 0.6) is 0 Å². The molecule has 19 heavy (non-hydrogen) atoms. The maximum Gasteiger partial charge on any atom is 0.176 e. The summed E-state index contributed by atoms with van der Waals surface area (Å²) in [6, 6.07) is 3.17. The van der Waals surface area contributed by atoms with E-state index in [0.29, 0.717) is 0 Å². The number of hydrogen-bond donors (Lipinski definition) is 1. The Kier molecular flexibility index (Phi) is 4.61. The molecule has 2 rings (SSSR count). The summed E-state index contributed by atoms with van der Waals surface area (Å²) in [6.07, 6.45) is 2.89. The molecular formula is C14H17F2NO2. The Hall–Kier alpha value is -1.33. The largest absolute Gasteiger partial charge is 0.395 e. The van der Waals surface area contributed by atoms with Gasteiger partial charge in [-0.25, -0.2) is 8.78 Å². The lowest BCUT2D eigenvalue weighted by atomic mass is 10.0. The van der Waals surface area contributed by atoms with Gasteiger partial charge in [-0.15, -0.1) is 0 Å². The van der Waals surface area contributed by atoms with Crippen molar-refractivity contribution in [1.82, 2.24) is 4.90 Å². The maximum atomic E-state index is 13.1. The van der Waals surface area contributed by atoms with Gasteiger partial charge in [0, 0.05) is 11.6 Å². The molecule has 0 amide bonds. The number of aliphatic hydroxyl groups is 1. The molecule has 1 heterocycles. The van der Waals surface area contributed by atoms with Crippen LogP contribution in [0.3, 0.4) is 0 Å². The SMILES string of the molecule is O=C(CN1CCCCC1CO)c1ccc(F)c(F)c1. The van der Waals surface area contributed by atoms with Crippen molar-refractivity contribution in [3.63, 3.8) is 0 Å². The highest BCUT2D eigenvalue weighted by molar-refractivity contribution is 5.97. The van der Waals surface area contributed by atoms with Crippen LogP contribution in [0.2, 0.25) is 0 Å². The van der Waals surface area contributed by atoms with E-state index in [1.165, 1.54) is 6.07 Å². The van der Waals surface area contributed by atoms with Crippen LogP contribution in [0.15, 0.2) is 18.2 Å². The first-order valence-corrected chi connectivity index (χ1v) is 6.45. The van der Waals surface area contributed by atoms with E-state index in [9.17, 15) is 18.7 Å². The Labute approximate surface area is 110 Å². The van der Waals surface area contributed by atoms with Crippen molar-refractivity contribution >= 4 is 5.78 Å². The summed E-state index contributed by atoms with van der Waals surface area (Å²) < 4.78 is 25.9. The van der Waals surface area contributed by atoms with Crippen molar-refractivity contribution < 1.29 is 18.7 Å². The van der Waals surface area contributed by atoms with Crippen molar-refractivity contribution in [2.75, 3.05) is 19.7 Å². The summed E-state index contributed by atoms with van der Waals surface area (Å²) in [5.41, 5.74) is 0.168. The molecule has 1 N–H and O–H groups in total. The van der Waals surface area contributed by atoms with Gasteiger partial charge in [-0.2, -0.15) is 0 Å². The van der Waals surface area contributed by atoms with Gasteiger partial charge in [-0.1, -0.05) is 6.42 Å². The number of hydrogen-bond acceptors (Lipinski definition) is 3. The number of aliphatic hydroxyl groups excluding tert-OH is 1. The molecule has 0 radical (unpaired) electrons. The first kappa shape index (κ1) is 14.1. The number of Topliss-reactive ketones (excluding diaryl/α,β-unsaturated/α-hetero) is 1. The van der Waals surface area contributed by atoms with Gasteiger partial charge in [0.15, 0.2) is 17.4 Å². The minimum atomic E-state index is -1.01. The van der Waals surface area contributed by atoms with E-state index >= 15 is 0 Å². The number of piperidine rings is 1. The monoisotopic (exact) mass is 269 g/mol. The topological polar surface area (TPSA) is 40.5 Å². The number of halogens is 2. The van der Waals surface area contributed by atoms with E-state index in [4.69, 9.17) is 0 Å². The fraction of sp³-hybridized carbons (Fsp3) is 0.500. The van der Waals surface area contributed by atoms with E-state index in [2.05, 4.69) is 0 Å². The molecule has 1 aliphatic rings. The van der Waals surface area contributed by atoms with E-state index in [1.807, 2.05) is 4.90 Å². The molecule has 0 saturated carbocycles. The number of rotatable bonds is 4. The predicted molar refractivity (Wildman–Crippen MR) is 67.0 cm³/mol. The van der Waals surface area contributed by atoms with Crippen LogP contribution in [0.4, 0.5) is 8.78 Å². The molecule has 3 nitrogen and oxygen atoms in total. The second-order valence-electron chi connectivity index (χ2n) is 4.85. The van der Waals surface area contributed by atoms with Crippen LogP contribution in [0.25, 0.3) is 0 Å². The molecule has 1 fully saturated rings. The minimum absolute atomic E-state index is 0.0111. The predicted octanol–water partition coefficient (Wildman–Crippen LogP) is 1.99. The smallest absolute Gasteiger partial charge is 0.176 e. The molecule has 1 aliphatic heterocycles. The molecule has 1 aromatic rings. The van der Waals surface area contributed by atoms with Gasteiger partial charge in [-0.3, -0.25) is 9.69 Å². The van der Waals surface area contributed by atoms with Crippen LogP contribution in [-0.4, -0.2) is 41.5 Å². The lowest BCUT2D eigenvalue weighted by molar-refractivity contribution is 0.0711. The Bertz CT molecular complexity index is 465. The molecule has 0 aromatic heterocycles.